The fourth-order valence-electron chi connectivity index (χ4n) is 1.25. The highest BCUT2D eigenvalue weighted by Gasteiger charge is 2.12. The third-order valence-electron chi connectivity index (χ3n) is 2.28. The number of hydrogen-bond donors (Lipinski definition) is 3. The molecule has 0 radical (unpaired) electrons. The van der Waals surface area contributed by atoms with Gasteiger partial charge in [0.2, 0.25) is 11.8 Å². The topological polar surface area (TPSA) is 95.5 Å². The molecule has 0 saturated heterocycles. The molecule has 0 aromatic rings. The average molecular weight is 258 g/mol. The first-order chi connectivity index (χ1) is 8.32. The van der Waals surface area contributed by atoms with Crippen molar-refractivity contribution in [2.45, 2.75) is 46.1 Å². The molecule has 1 atom stereocenters. The van der Waals surface area contributed by atoms with Gasteiger partial charge in [-0.2, -0.15) is 0 Å². The van der Waals surface area contributed by atoms with Crippen LogP contribution in [0, 0.1) is 5.92 Å². The van der Waals surface area contributed by atoms with E-state index < -0.39 is 11.9 Å². The Bertz CT molecular complexity index is 302. The summed E-state index contributed by atoms with van der Waals surface area (Å²) in [5, 5.41) is 13.9. The molecule has 0 bridgehead atoms. The van der Waals surface area contributed by atoms with Gasteiger partial charge in [0.1, 0.15) is 0 Å². The number of rotatable bonds is 8. The minimum atomic E-state index is -0.938. The minimum absolute atomic E-state index is 0.0725. The standard InChI is InChI=1S/C12H22N2O4/c1-8(2)14-11(16)6-4-5-10(15)13-7-9(3)12(17)18/h8-9H,4-7H2,1-3H3,(H,13,15)(H,14,16)(H,17,18). The molecule has 6 nitrogen and oxygen atoms in total. The third kappa shape index (κ3) is 8.55. The van der Waals surface area contributed by atoms with Crippen LogP contribution in [0.25, 0.3) is 0 Å². The zero-order chi connectivity index (χ0) is 14.1. The van der Waals surface area contributed by atoms with Gasteiger partial charge in [0.25, 0.3) is 0 Å². The van der Waals surface area contributed by atoms with Crippen LogP contribution in [-0.2, 0) is 14.4 Å². The Morgan fingerprint density at radius 3 is 2.11 bits per heavy atom. The van der Waals surface area contributed by atoms with Gasteiger partial charge in [-0.15, -0.1) is 0 Å². The molecule has 0 aromatic heterocycles. The van der Waals surface area contributed by atoms with E-state index in [9.17, 15) is 14.4 Å². The molecule has 18 heavy (non-hydrogen) atoms. The van der Waals surface area contributed by atoms with E-state index in [1.54, 1.807) is 0 Å². The number of amides is 2. The monoisotopic (exact) mass is 258 g/mol. The van der Waals surface area contributed by atoms with E-state index in [2.05, 4.69) is 10.6 Å². The molecule has 0 aliphatic rings. The van der Waals surface area contributed by atoms with Gasteiger partial charge in [0, 0.05) is 25.4 Å². The molecule has 6 heteroatoms. The van der Waals surface area contributed by atoms with E-state index in [0.29, 0.717) is 12.8 Å². The van der Waals surface area contributed by atoms with Crippen molar-refractivity contribution in [3.8, 4) is 0 Å². The number of aliphatic carboxylic acids is 1. The van der Waals surface area contributed by atoms with Gasteiger partial charge in [0.15, 0.2) is 0 Å². The van der Waals surface area contributed by atoms with Crippen LogP contribution in [0.1, 0.15) is 40.0 Å². The van der Waals surface area contributed by atoms with Gasteiger partial charge in [-0.05, 0) is 20.3 Å². The molecule has 0 aliphatic heterocycles. The van der Waals surface area contributed by atoms with Crippen molar-refractivity contribution in [3.63, 3.8) is 0 Å². The SMILES string of the molecule is CC(C)NC(=O)CCCC(=O)NCC(C)C(=O)O. The van der Waals surface area contributed by atoms with Crippen molar-refractivity contribution in [2.75, 3.05) is 6.54 Å². The number of carbonyl (C=O) groups is 3. The van der Waals surface area contributed by atoms with Crippen LogP contribution in [0.2, 0.25) is 0 Å². The maximum atomic E-state index is 11.3. The molecule has 0 spiro atoms. The second kappa shape index (κ2) is 8.49. The Morgan fingerprint density at radius 2 is 1.61 bits per heavy atom. The Morgan fingerprint density at radius 1 is 1.06 bits per heavy atom. The summed E-state index contributed by atoms with van der Waals surface area (Å²) >= 11 is 0. The van der Waals surface area contributed by atoms with E-state index >= 15 is 0 Å². The van der Waals surface area contributed by atoms with Crippen LogP contribution >= 0.6 is 0 Å². The molecule has 104 valence electrons. The minimum Gasteiger partial charge on any atom is -0.481 e. The summed E-state index contributed by atoms with van der Waals surface area (Å²) in [6, 6.07) is 0.0998. The molecule has 2 amide bonds. The third-order valence-corrected chi connectivity index (χ3v) is 2.28. The van der Waals surface area contributed by atoms with Crippen LogP contribution in [0.15, 0.2) is 0 Å². The zero-order valence-electron chi connectivity index (χ0n) is 11.2. The quantitative estimate of drug-likeness (QED) is 0.591. The Kier molecular flexibility index (Phi) is 7.74. The first-order valence-corrected chi connectivity index (χ1v) is 6.11. The van der Waals surface area contributed by atoms with Gasteiger partial charge in [-0.3, -0.25) is 14.4 Å². The van der Waals surface area contributed by atoms with Crippen molar-refractivity contribution in [1.82, 2.24) is 10.6 Å². The molecular formula is C12H22N2O4. The van der Waals surface area contributed by atoms with Gasteiger partial charge in [0.05, 0.1) is 5.92 Å². The van der Waals surface area contributed by atoms with Crippen LogP contribution < -0.4 is 10.6 Å². The lowest BCUT2D eigenvalue weighted by Gasteiger charge is -2.09. The van der Waals surface area contributed by atoms with Gasteiger partial charge in [-0.25, -0.2) is 0 Å². The predicted molar refractivity (Wildman–Crippen MR) is 66.9 cm³/mol. The van der Waals surface area contributed by atoms with Crippen molar-refractivity contribution >= 4 is 17.8 Å². The molecule has 3 N–H and O–H groups in total. The predicted octanol–water partition coefficient (Wildman–Crippen LogP) is 0.518. The summed E-state index contributed by atoms with van der Waals surface area (Å²) in [5.74, 6) is -1.83. The first-order valence-electron chi connectivity index (χ1n) is 6.11. The summed E-state index contributed by atoms with van der Waals surface area (Å²) in [6.07, 6.45) is 1.00. The molecule has 0 heterocycles. The Hall–Kier alpha value is -1.59. The summed E-state index contributed by atoms with van der Waals surface area (Å²) < 4.78 is 0. The molecule has 0 rings (SSSR count). The Balaban J connectivity index is 3.65. The van der Waals surface area contributed by atoms with Crippen molar-refractivity contribution < 1.29 is 19.5 Å². The van der Waals surface area contributed by atoms with E-state index in [-0.39, 0.29) is 30.8 Å². The maximum absolute atomic E-state index is 11.3. The van der Waals surface area contributed by atoms with Crippen LogP contribution in [0.3, 0.4) is 0 Å². The molecule has 0 fully saturated rings. The number of carboxylic acids is 1. The van der Waals surface area contributed by atoms with Gasteiger partial charge >= 0.3 is 5.97 Å². The van der Waals surface area contributed by atoms with E-state index in [0.717, 1.165) is 0 Å². The maximum Gasteiger partial charge on any atom is 0.308 e. The number of hydrogen-bond acceptors (Lipinski definition) is 3. The molecule has 0 aromatic carbocycles. The molecule has 0 aliphatic carbocycles. The summed E-state index contributed by atoms with van der Waals surface area (Å²) in [4.78, 5) is 33.1. The summed E-state index contributed by atoms with van der Waals surface area (Å²) in [7, 11) is 0. The number of carbonyl (C=O) groups excluding carboxylic acids is 2. The highest BCUT2D eigenvalue weighted by Crippen LogP contribution is 1.97. The first kappa shape index (κ1) is 16.4. The highest BCUT2D eigenvalue weighted by atomic mass is 16.4. The number of nitrogens with one attached hydrogen (secondary N) is 2. The fourth-order valence-corrected chi connectivity index (χ4v) is 1.25. The number of carboxylic acid groups (broad SMARTS) is 1. The molecule has 1 unspecified atom stereocenters. The summed E-state index contributed by atoms with van der Waals surface area (Å²) in [5.41, 5.74) is 0. The lowest BCUT2D eigenvalue weighted by Crippen LogP contribution is -2.32. The smallest absolute Gasteiger partial charge is 0.308 e. The Labute approximate surface area is 107 Å². The van der Waals surface area contributed by atoms with Crippen molar-refractivity contribution in [3.05, 3.63) is 0 Å². The average Bonchev–Trinajstić information content (AvgIpc) is 2.24. The van der Waals surface area contributed by atoms with Crippen LogP contribution in [0.5, 0.6) is 0 Å². The van der Waals surface area contributed by atoms with Crippen molar-refractivity contribution in [1.29, 1.82) is 0 Å². The second-order valence-corrected chi connectivity index (χ2v) is 4.62. The largest absolute Gasteiger partial charge is 0.481 e. The van der Waals surface area contributed by atoms with E-state index in [1.165, 1.54) is 6.92 Å². The van der Waals surface area contributed by atoms with Gasteiger partial charge < -0.3 is 15.7 Å². The van der Waals surface area contributed by atoms with Crippen molar-refractivity contribution in [2.24, 2.45) is 5.92 Å². The van der Waals surface area contributed by atoms with Crippen LogP contribution in [-0.4, -0.2) is 35.5 Å². The second-order valence-electron chi connectivity index (χ2n) is 4.62. The van der Waals surface area contributed by atoms with E-state index in [1.807, 2.05) is 13.8 Å². The lowest BCUT2D eigenvalue weighted by molar-refractivity contribution is -0.141. The summed E-state index contributed by atoms with van der Waals surface area (Å²) in [6.45, 7) is 5.39. The van der Waals surface area contributed by atoms with Gasteiger partial charge in [-0.1, -0.05) is 6.92 Å². The lowest BCUT2D eigenvalue weighted by atomic mass is 10.1. The molecular weight excluding hydrogens is 236 g/mol. The molecule has 0 saturated carbocycles. The zero-order valence-corrected chi connectivity index (χ0v) is 11.2. The highest BCUT2D eigenvalue weighted by molar-refractivity contribution is 5.79. The van der Waals surface area contributed by atoms with Crippen LogP contribution in [0.4, 0.5) is 0 Å². The normalized spacial score (nSPS) is 12.0. The fraction of sp³-hybridized carbons (Fsp3) is 0.750. The van der Waals surface area contributed by atoms with E-state index in [4.69, 9.17) is 5.11 Å².